The smallest absolute Gasteiger partial charge is 0.260 e. The van der Waals surface area contributed by atoms with Crippen LogP contribution in [0, 0.1) is 17.6 Å². The van der Waals surface area contributed by atoms with Gasteiger partial charge in [0, 0.05) is 17.1 Å². The van der Waals surface area contributed by atoms with Crippen molar-refractivity contribution in [1.82, 2.24) is 4.90 Å². The number of hydrogen-bond acceptors (Lipinski definition) is 2. The maximum Gasteiger partial charge on any atom is 0.260 e. The Morgan fingerprint density at radius 2 is 2.00 bits per heavy atom. The summed E-state index contributed by atoms with van der Waals surface area (Å²) in [5.41, 5.74) is 5.15. The third-order valence-electron chi connectivity index (χ3n) is 3.79. The van der Waals surface area contributed by atoms with Gasteiger partial charge in [0.15, 0.2) is 0 Å². The van der Waals surface area contributed by atoms with Gasteiger partial charge in [-0.1, -0.05) is 15.9 Å². The van der Waals surface area contributed by atoms with E-state index in [0.717, 1.165) is 25.0 Å². The highest BCUT2D eigenvalue weighted by Gasteiger charge is 2.31. The van der Waals surface area contributed by atoms with Crippen molar-refractivity contribution in [2.75, 3.05) is 13.1 Å². The van der Waals surface area contributed by atoms with Crippen LogP contribution in [0.15, 0.2) is 16.6 Å². The summed E-state index contributed by atoms with van der Waals surface area (Å²) in [7, 11) is 0. The molecule has 2 atom stereocenters. The van der Waals surface area contributed by atoms with Gasteiger partial charge in [-0.15, -0.1) is 0 Å². The SMILES string of the molecule is CC1CCC(CN)CN1C(=O)c1c(F)cc(Br)cc1F. The zero-order valence-corrected chi connectivity index (χ0v) is 12.8. The second-order valence-electron chi connectivity index (χ2n) is 5.23. The van der Waals surface area contributed by atoms with Crippen molar-refractivity contribution in [2.45, 2.75) is 25.8 Å². The molecule has 1 aliphatic rings. The number of amides is 1. The Morgan fingerprint density at radius 3 is 2.55 bits per heavy atom. The van der Waals surface area contributed by atoms with Gasteiger partial charge in [-0.3, -0.25) is 4.79 Å². The van der Waals surface area contributed by atoms with E-state index in [4.69, 9.17) is 5.73 Å². The van der Waals surface area contributed by atoms with Crippen molar-refractivity contribution >= 4 is 21.8 Å². The fraction of sp³-hybridized carbons (Fsp3) is 0.500. The van der Waals surface area contributed by atoms with Gasteiger partial charge in [0.1, 0.15) is 17.2 Å². The summed E-state index contributed by atoms with van der Waals surface area (Å²) in [6.45, 7) is 2.81. The van der Waals surface area contributed by atoms with Crippen LogP contribution in [0.3, 0.4) is 0 Å². The van der Waals surface area contributed by atoms with Crippen LogP contribution in [0.2, 0.25) is 0 Å². The molecule has 0 bridgehead atoms. The lowest BCUT2D eigenvalue weighted by molar-refractivity contribution is 0.0557. The summed E-state index contributed by atoms with van der Waals surface area (Å²) in [6, 6.07) is 2.17. The molecule has 1 amide bonds. The molecule has 0 radical (unpaired) electrons. The third kappa shape index (κ3) is 3.01. The van der Waals surface area contributed by atoms with Crippen molar-refractivity contribution in [3.8, 4) is 0 Å². The predicted molar refractivity (Wildman–Crippen MR) is 76.3 cm³/mol. The minimum absolute atomic E-state index is 0.0345. The Kier molecular flexibility index (Phi) is 4.75. The highest BCUT2D eigenvalue weighted by molar-refractivity contribution is 9.10. The number of carbonyl (C=O) groups excluding carboxylic acids is 1. The first-order valence-electron chi connectivity index (χ1n) is 6.59. The summed E-state index contributed by atoms with van der Waals surface area (Å²) in [5, 5.41) is 0. The maximum absolute atomic E-state index is 13.9. The number of nitrogens with two attached hydrogens (primary N) is 1. The van der Waals surface area contributed by atoms with E-state index in [1.165, 1.54) is 4.90 Å². The van der Waals surface area contributed by atoms with Crippen molar-refractivity contribution < 1.29 is 13.6 Å². The van der Waals surface area contributed by atoms with Crippen LogP contribution in [-0.2, 0) is 0 Å². The average Bonchev–Trinajstić information content (AvgIpc) is 2.37. The van der Waals surface area contributed by atoms with Gasteiger partial charge in [-0.2, -0.15) is 0 Å². The molecule has 0 spiro atoms. The summed E-state index contributed by atoms with van der Waals surface area (Å²) in [4.78, 5) is 13.9. The van der Waals surface area contributed by atoms with E-state index >= 15 is 0 Å². The number of hydrogen-bond donors (Lipinski definition) is 1. The summed E-state index contributed by atoms with van der Waals surface area (Å²) in [5.74, 6) is -2.09. The molecule has 1 heterocycles. The van der Waals surface area contributed by atoms with Gasteiger partial charge >= 0.3 is 0 Å². The Labute approximate surface area is 125 Å². The number of halogens is 3. The van der Waals surface area contributed by atoms with Gasteiger partial charge in [0.25, 0.3) is 5.91 Å². The summed E-state index contributed by atoms with van der Waals surface area (Å²) >= 11 is 3.00. The number of rotatable bonds is 2. The molecule has 2 unspecified atom stereocenters. The minimum atomic E-state index is -0.844. The topological polar surface area (TPSA) is 46.3 Å². The number of likely N-dealkylation sites (tertiary alicyclic amines) is 1. The second kappa shape index (κ2) is 6.18. The Balaban J connectivity index is 2.30. The lowest BCUT2D eigenvalue weighted by atomic mass is 9.93. The number of benzene rings is 1. The van der Waals surface area contributed by atoms with Crippen LogP contribution in [0.1, 0.15) is 30.1 Å². The predicted octanol–water partition coefficient (Wildman–Crippen LogP) is 2.93. The highest BCUT2D eigenvalue weighted by Crippen LogP contribution is 2.26. The average molecular weight is 347 g/mol. The van der Waals surface area contributed by atoms with Crippen molar-refractivity contribution in [3.63, 3.8) is 0 Å². The van der Waals surface area contributed by atoms with Crippen LogP contribution in [0.5, 0.6) is 0 Å². The maximum atomic E-state index is 13.9. The summed E-state index contributed by atoms with van der Waals surface area (Å²) in [6.07, 6.45) is 1.74. The number of nitrogens with zero attached hydrogens (tertiary/aromatic N) is 1. The largest absolute Gasteiger partial charge is 0.335 e. The van der Waals surface area contributed by atoms with E-state index in [1.54, 1.807) is 0 Å². The highest BCUT2D eigenvalue weighted by atomic mass is 79.9. The van der Waals surface area contributed by atoms with E-state index in [1.807, 2.05) is 6.92 Å². The van der Waals surface area contributed by atoms with Gasteiger partial charge in [-0.05, 0) is 44.4 Å². The van der Waals surface area contributed by atoms with Crippen molar-refractivity contribution in [1.29, 1.82) is 0 Å². The van der Waals surface area contributed by atoms with Gasteiger partial charge < -0.3 is 10.6 Å². The van der Waals surface area contributed by atoms with Crippen LogP contribution < -0.4 is 5.73 Å². The molecule has 20 heavy (non-hydrogen) atoms. The van der Waals surface area contributed by atoms with Crippen LogP contribution in [0.25, 0.3) is 0 Å². The molecule has 0 aliphatic carbocycles. The monoisotopic (exact) mass is 346 g/mol. The van der Waals surface area contributed by atoms with Gasteiger partial charge in [-0.25, -0.2) is 8.78 Å². The zero-order chi connectivity index (χ0) is 14.9. The molecular weight excluding hydrogens is 330 g/mol. The van der Waals surface area contributed by atoms with Crippen LogP contribution in [0.4, 0.5) is 8.78 Å². The molecule has 1 aromatic rings. The van der Waals surface area contributed by atoms with Crippen LogP contribution >= 0.6 is 15.9 Å². The van der Waals surface area contributed by atoms with Crippen molar-refractivity contribution in [3.05, 3.63) is 33.8 Å². The molecule has 0 saturated carbocycles. The Bertz CT molecular complexity index is 501. The van der Waals surface area contributed by atoms with E-state index in [9.17, 15) is 13.6 Å². The fourth-order valence-electron chi connectivity index (χ4n) is 2.55. The molecule has 110 valence electrons. The Hall–Kier alpha value is -1.01. The first-order valence-corrected chi connectivity index (χ1v) is 7.39. The third-order valence-corrected chi connectivity index (χ3v) is 4.25. The van der Waals surface area contributed by atoms with E-state index < -0.39 is 23.1 Å². The van der Waals surface area contributed by atoms with E-state index in [-0.39, 0.29) is 16.4 Å². The fourth-order valence-corrected chi connectivity index (χ4v) is 2.95. The summed E-state index contributed by atoms with van der Waals surface area (Å²) < 4.78 is 28.0. The number of piperidine rings is 1. The standard InChI is InChI=1S/C14H17BrF2N2O/c1-8-2-3-9(6-18)7-19(8)14(20)13-11(16)4-10(15)5-12(13)17/h4-5,8-9H,2-3,6-7,18H2,1H3. The second-order valence-corrected chi connectivity index (χ2v) is 6.15. The number of carbonyl (C=O) groups is 1. The van der Waals surface area contributed by atoms with Crippen LogP contribution in [-0.4, -0.2) is 29.9 Å². The lowest BCUT2D eigenvalue weighted by Crippen LogP contribution is -2.47. The molecule has 2 rings (SSSR count). The quantitative estimate of drug-likeness (QED) is 0.894. The minimum Gasteiger partial charge on any atom is -0.335 e. The molecule has 2 N–H and O–H groups in total. The molecule has 1 aliphatic heterocycles. The molecule has 1 fully saturated rings. The lowest BCUT2D eigenvalue weighted by Gasteiger charge is -2.37. The molecule has 1 saturated heterocycles. The van der Waals surface area contributed by atoms with Gasteiger partial charge in [0.2, 0.25) is 0 Å². The first kappa shape index (κ1) is 15.4. The van der Waals surface area contributed by atoms with Crippen molar-refractivity contribution in [2.24, 2.45) is 11.7 Å². The normalized spacial score (nSPS) is 22.9. The zero-order valence-electron chi connectivity index (χ0n) is 11.2. The van der Waals surface area contributed by atoms with E-state index in [2.05, 4.69) is 15.9 Å². The molecule has 6 heteroatoms. The Morgan fingerprint density at radius 1 is 1.40 bits per heavy atom. The molecule has 1 aromatic carbocycles. The van der Waals surface area contributed by atoms with Gasteiger partial charge in [0.05, 0.1) is 0 Å². The molecule has 0 aromatic heterocycles. The first-order chi connectivity index (χ1) is 9.43. The molecular formula is C14H17BrF2N2O. The molecule has 3 nitrogen and oxygen atoms in total. The van der Waals surface area contributed by atoms with E-state index in [0.29, 0.717) is 13.1 Å².